The van der Waals surface area contributed by atoms with Gasteiger partial charge < -0.3 is 9.84 Å². The van der Waals surface area contributed by atoms with Crippen molar-refractivity contribution in [2.75, 3.05) is 6.61 Å². The van der Waals surface area contributed by atoms with Crippen LogP contribution in [0.25, 0.3) is 0 Å². The third-order valence-electron chi connectivity index (χ3n) is 2.32. The molecule has 1 aromatic carbocycles. The van der Waals surface area contributed by atoms with Gasteiger partial charge in [0.1, 0.15) is 12.7 Å². The number of hydrogen-bond acceptors (Lipinski definition) is 3. The topological polar surface area (TPSA) is 46.5 Å². The molecule has 1 heterocycles. The molecule has 2 aromatic rings. The van der Waals surface area contributed by atoms with Gasteiger partial charge in [-0.3, -0.25) is 0 Å². The van der Waals surface area contributed by atoms with Crippen LogP contribution in [0.4, 0.5) is 0 Å². The third kappa shape index (κ3) is 3.15. The first-order valence-corrected chi connectivity index (χ1v) is 6.12. The number of carboxylic acid groups (broad SMARTS) is 1. The van der Waals surface area contributed by atoms with Crippen LogP contribution < -0.4 is 0 Å². The zero-order valence-electron chi connectivity index (χ0n) is 9.08. The normalized spacial score (nSPS) is 12.2. The van der Waals surface area contributed by atoms with Crippen LogP contribution in [0.1, 0.15) is 17.2 Å². The van der Waals surface area contributed by atoms with Gasteiger partial charge >= 0.3 is 5.97 Å². The first-order valence-electron chi connectivity index (χ1n) is 5.18. The summed E-state index contributed by atoms with van der Waals surface area (Å²) in [7, 11) is 0. The van der Waals surface area contributed by atoms with E-state index in [1.54, 1.807) is 11.3 Å². The summed E-state index contributed by atoms with van der Waals surface area (Å²) in [5.41, 5.74) is 1.95. The lowest BCUT2D eigenvalue weighted by Crippen LogP contribution is -2.12. The molecule has 0 radical (unpaired) electrons. The fourth-order valence-corrected chi connectivity index (χ4v) is 2.27. The van der Waals surface area contributed by atoms with Gasteiger partial charge in [-0.2, -0.15) is 11.3 Å². The third-order valence-corrected chi connectivity index (χ3v) is 3.02. The van der Waals surface area contributed by atoms with E-state index in [4.69, 9.17) is 9.84 Å². The number of carboxylic acids is 1. The summed E-state index contributed by atoms with van der Waals surface area (Å²) in [6.45, 7) is -0.296. The van der Waals surface area contributed by atoms with E-state index in [1.807, 2.05) is 47.2 Å². The van der Waals surface area contributed by atoms with Crippen LogP contribution >= 0.6 is 11.3 Å². The predicted octanol–water partition coefficient (Wildman–Crippen LogP) is 2.94. The van der Waals surface area contributed by atoms with Gasteiger partial charge in [-0.05, 0) is 28.0 Å². The minimum absolute atomic E-state index is 0.296. The zero-order valence-corrected chi connectivity index (χ0v) is 9.89. The minimum atomic E-state index is -0.957. The number of rotatable bonds is 5. The highest BCUT2D eigenvalue weighted by molar-refractivity contribution is 7.07. The Hall–Kier alpha value is -1.65. The van der Waals surface area contributed by atoms with E-state index in [-0.39, 0.29) is 12.7 Å². The summed E-state index contributed by atoms with van der Waals surface area (Å²) in [6.07, 6.45) is -0.307. The molecule has 1 N–H and O–H groups in total. The number of carbonyl (C=O) groups is 1. The highest BCUT2D eigenvalue weighted by Crippen LogP contribution is 2.27. The monoisotopic (exact) mass is 248 g/mol. The van der Waals surface area contributed by atoms with Crippen molar-refractivity contribution < 1.29 is 14.6 Å². The number of ether oxygens (including phenoxy) is 1. The fraction of sp³-hybridized carbons (Fsp3) is 0.154. The standard InChI is InChI=1S/C13H12O3S/c14-12(15)8-16-13(11-6-7-17-9-11)10-4-2-1-3-5-10/h1-7,9,13H,8H2,(H,14,15). The number of aliphatic carboxylic acids is 1. The quantitative estimate of drug-likeness (QED) is 0.885. The van der Waals surface area contributed by atoms with Crippen molar-refractivity contribution in [1.82, 2.24) is 0 Å². The van der Waals surface area contributed by atoms with Crippen LogP contribution in [0.5, 0.6) is 0 Å². The lowest BCUT2D eigenvalue weighted by molar-refractivity contribution is -0.143. The molecule has 1 unspecified atom stereocenters. The Bertz CT molecular complexity index is 465. The van der Waals surface area contributed by atoms with Gasteiger partial charge in [0.25, 0.3) is 0 Å². The summed E-state index contributed by atoms with van der Waals surface area (Å²) in [6, 6.07) is 11.6. The van der Waals surface area contributed by atoms with Crippen LogP contribution in [0, 0.1) is 0 Å². The van der Waals surface area contributed by atoms with Crippen LogP contribution in [-0.2, 0) is 9.53 Å². The molecule has 0 amide bonds. The molecule has 0 saturated heterocycles. The number of benzene rings is 1. The van der Waals surface area contributed by atoms with E-state index in [1.165, 1.54) is 0 Å². The predicted molar refractivity (Wildman–Crippen MR) is 66.2 cm³/mol. The minimum Gasteiger partial charge on any atom is -0.480 e. The van der Waals surface area contributed by atoms with Gasteiger partial charge in [0.2, 0.25) is 0 Å². The van der Waals surface area contributed by atoms with Crippen molar-refractivity contribution in [2.24, 2.45) is 0 Å². The van der Waals surface area contributed by atoms with Crippen LogP contribution in [-0.4, -0.2) is 17.7 Å². The van der Waals surface area contributed by atoms with Crippen molar-refractivity contribution in [3.8, 4) is 0 Å². The molecular weight excluding hydrogens is 236 g/mol. The van der Waals surface area contributed by atoms with E-state index in [0.29, 0.717) is 0 Å². The Kier molecular flexibility index (Phi) is 3.90. The maximum absolute atomic E-state index is 10.6. The lowest BCUT2D eigenvalue weighted by Gasteiger charge is -2.16. The van der Waals surface area contributed by atoms with E-state index < -0.39 is 5.97 Å². The summed E-state index contributed by atoms with van der Waals surface area (Å²) in [4.78, 5) is 10.6. The van der Waals surface area contributed by atoms with Crippen molar-refractivity contribution in [2.45, 2.75) is 6.10 Å². The number of hydrogen-bond donors (Lipinski definition) is 1. The molecule has 1 atom stereocenters. The molecule has 2 rings (SSSR count). The van der Waals surface area contributed by atoms with Crippen LogP contribution in [0.3, 0.4) is 0 Å². The second kappa shape index (κ2) is 5.61. The molecule has 0 aliphatic heterocycles. The molecule has 0 spiro atoms. The molecule has 0 fully saturated rings. The van der Waals surface area contributed by atoms with Crippen molar-refractivity contribution in [1.29, 1.82) is 0 Å². The van der Waals surface area contributed by atoms with Gasteiger partial charge in [0, 0.05) is 0 Å². The first-order chi connectivity index (χ1) is 8.27. The second-order valence-electron chi connectivity index (χ2n) is 3.55. The molecule has 0 bridgehead atoms. The van der Waals surface area contributed by atoms with Crippen LogP contribution in [0.15, 0.2) is 47.2 Å². The molecule has 3 nitrogen and oxygen atoms in total. The summed E-state index contributed by atoms with van der Waals surface area (Å²) in [5.74, 6) is -0.957. The SMILES string of the molecule is O=C(O)COC(c1ccccc1)c1ccsc1. The van der Waals surface area contributed by atoms with Gasteiger partial charge in [-0.1, -0.05) is 30.3 Å². The average molecular weight is 248 g/mol. The lowest BCUT2D eigenvalue weighted by atomic mass is 10.0. The van der Waals surface area contributed by atoms with Crippen molar-refractivity contribution in [3.05, 3.63) is 58.3 Å². The Balaban J connectivity index is 2.22. The Labute approximate surface area is 103 Å². The van der Waals surface area contributed by atoms with Gasteiger partial charge in [-0.15, -0.1) is 0 Å². The molecule has 0 aliphatic carbocycles. The first kappa shape index (κ1) is 11.8. The van der Waals surface area contributed by atoms with E-state index in [0.717, 1.165) is 11.1 Å². The van der Waals surface area contributed by atoms with Gasteiger partial charge in [0.05, 0.1) is 0 Å². The van der Waals surface area contributed by atoms with E-state index in [9.17, 15) is 4.79 Å². The highest BCUT2D eigenvalue weighted by Gasteiger charge is 2.16. The van der Waals surface area contributed by atoms with Crippen molar-refractivity contribution >= 4 is 17.3 Å². The molecule has 17 heavy (non-hydrogen) atoms. The number of thiophene rings is 1. The summed E-state index contributed by atoms with van der Waals surface area (Å²) < 4.78 is 5.44. The maximum Gasteiger partial charge on any atom is 0.329 e. The summed E-state index contributed by atoms with van der Waals surface area (Å²) in [5, 5.41) is 12.6. The van der Waals surface area contributed by atoms with Crippen molar-refractivity contribution in [3.63, 3.8) is 0 Å². The molecule has 1 aromatic heterocycles. The Morgan fingerprint density at radius 3 is 2.59 bits per heavy atom. The van der Waals surface area contributed by atoms with E-state index in [2.05, 4.69) is 0 Å². The zero-order chi connectivity index (χ0) is 12.1. The Morgan fingerprint density at radius 1 is 1.24 bits per heavy atom. The molecular formula is C13H12O3S. The van der Waals surface area contributed by atoms with Crippen LogP contribution in [0.2, 0.25) is 0 Å². The molecule has 0 saturated carbocycles. The molecule has 4 heteroatoms. The van der Waals surface area contributed by atoms with Gasteiger partial charge in [0.15, 0.2) is 0 Å². The summed E-state index contributed by atoms with van der Waals surface area (Å²) >= 11 is 1.57. The van der Waals surface area contributed by atoms with Gasteiger partial charge in [-0.25, -0.2) is 4.79 Å². The largest absolute Gasteiger partial charge is 0.480 e. The molecule has 88 valence electrons. The van der Waals surface area contributed by atoms with E-state index >= 15 is 0 Å². The second-order valence-corrected chi connectivity index (χ2v) is 4.33. The average Bonchev–Trinajstić information content (AvgIpc) is 2.84. The maximum atomic E-state index is 10.6. The Morgan fingerprint density at radius 2 is 2.00 bits per heavy atom. The smallest absolute Gasteiger partial charge is 0.329 e. The molecule has 0 aliphatic rings. The fourth-order valence-electron chi connectivity index (χ4n) is 1.59. The highest BCUT2D eigenvalue weighted by atomic mass is 32.1.